The number of nitrogens with zero attached hydrogens (tertiary/aromatic N) is 2. The average Bonchev–Trinajstić information content (AvgIpc) is 2.66. The summed E-state index contributed by atoms with van der Waals surface area (Å²) in [5.41, 5.74) is 0.262. The van der Waals surface area contributed by atoms with Crippen molar-refractivity contribution in [1.82, 2.24) is 9.55 Å². The Bertz CT molecular complexity index is 346. The van der Waals surface area contributed by atoms with Crippen LogP contribution in [0.5, 0.6) is 0 Å². The van der Waals surface area contributed by atoms with E-state index in [1.54, 1.807) is 0 Å². The van der Waals surface area contributed by atoms with Crippen LogP contribution in [0.4, 0.5) is 0 Å². The number of carbonyl (C=O) groups excluding carboxylic acids is 1. The Balaban J connectivity index is 2.78. The minimum atomic E-state index is -0.890. The van der Waals surface area contributed by atoms with Gasteiger partial charge in [-0.15, -0.1) is 0 Å². The van der Waals surface area contributed by atoms with Crippen LogP contribution in [-0.2, 0) is 4.79 Å². The molecule has 5 nitrogen and oxygen atoms in total. The number of hydrogen-bond acceptors (Lipinski definition) is 3. The summed E-state index contributed by atoms with van der Waals surface area (Å²) in [6.45, 7) is 2.00. The van der Waals surface area contributed by atoms with Crippen LogP contribution in [-0.4, -0.2) is 26.9 Å². The molecule has 0 saturated heterocycles. The number of aromatic nitrogens is 2. The second-order valence-corrected chi connectivity index (χ2v) is 3.36. The zero-order valence-electron chi connectivity index (χ0n) is 8.59. The van der Waals surface area contributed by atoms with Crippen molar-refractivity contribution in [2.24, 2.45) is 0 Å². The van der Waals surface area contributed by atoms with Gasteiger partial charge in [0.05, 0.1) is 6.33 Å². The van der Waals surface area contributed by atoms with Gasteiger partial charge in [0.2, 0.25) is 0 Å². The van der Waals surface area contributed by atoms with Crippen LogP contribution in [0.3, 0.4) is 0 Å². The fourth-order valence-corrected chi connectivity index (χ4v) is 1.38. The molecule has 0 aliphatic carbocycles. The maximum absolute atomic E-state index is 11.0. The van der Waals surface area contributed by atoms with Crippen LogP contribution < -0.4 is 0 Å². The SMILES string of the molecule is CCCCC(C(=O)O)n1cnc(C=O)c1. The van der Waals surface area contributed by atoms with E-state index in [4.69, 9.17) is 5.11 Å². The third kappa shape index (κ3) is 2.90. The summed E-state index contributed by atoms with van der Waals surface area (Å²) in [6.07, 6.45) is 5.79. The number of hydrogen-bond donors (Lipinski definition) is 1. The molecule has 0 aliphatic rings. The second-order valence-electron chi connectivity index (χ2n) is 3.36. The summed E-state index contributed by atoms with van der Waals surface area (Å²) in [5, 5.41) is 9.00. The van der Waals surface area contributed by atoms with E-state index in [1.165, 1.54) is 17.1 Å². The Hall–Kier alpha value is -1.65. The summed E-state index contributed by atoms with van der Waals surface area (Å²) in [5.74, 6) is -0.890. The van der Waals surface area contributed by atoms with E-state index in [-0.39, 0.29) is 5.69 Å². The highest BCUT2D eigenvalue weighted by Gasteiger charge is 2.18. The molecule has 0 radical (unpaired) electrons. The first kappa shape index (κ1) is 11.4. The number of carboxylic acids is 1. The molecule has 82 valence electrons. The lowest BCUT2D eigenvalue weighted by molar-refractivity contribution is -0.141. The predicted molar refractivity (Wildman–Crippen MR) is 53.8 cm³/mol. The van der Waals surface area contributed by atoms with Gasteiger partial charge in [-0.05, 0) is 6.42 Å². The molecule has 1 heterocycles. The Morgan fingerprint density at radius 2 is 2.47 bits per heavy atom. The van der Waals surface area contributed by atoms with E-state index in [9.17, 15) is 9.59 Å². The van der Waals surface area contributed by atoms with Crippen molar-refractivity contribution in [3.05, 3.63) is 18.2 Å². The van der Waals surface area contributed by atoms with Gasteiger partial charge in [-0.2, -0.15) is 0 Å². The average molecular weight is 210 g/mol. The molecule has 0 saturated carbocycles. The van der Waals surface area contributed by atoms with E-state index >= 15 is 0 Å². The first-order valence-corrected chi connectivity index (χ1v) is 4.90. The number of imidazole rings is 1. The summed E-state index contributed by atoms with van der Waals surface area (Å²) in [7, 11) is 0. The quantitative estimate of drug-likeness (QED) is 0.722. The van der Waals surface area contributed by atoms with Crippen LogP contribution in [0.2, 0.25) is 0 Å². The lowest BCUT2D eigenvalue weighted by Crippen LogP contribution is -2.17. The molecule has 1 atom stereocenters. The minimum absolute atomic E-state index is 0.262. The molecular weight excluding hydrogens is 196 g/mol. The Morgan fingerprint density at radius 3 is 2.93 bits per heavy atom. The van der Waals surface area contributed by atoms with Crippen molar-refractivity contribution in [3.8, 4) is 0 Å². The van der Waals surface area contributed by atoms with E-state index < -0.39 is 12.0 Å². The highest BCUT2D eigenvalue weighted by molar-refractivity contribution is 5.73. The van der Waals surface area contributed by atoms with Gasteiger partial charge in [0, 0.05) is 6.20 Å². The van der Waals surface area contributed by atoms with Gasteiger partial charge in [0.15, 0.2) is 6.29 Å². The van der Waals surface area contributed by atoms with Crippen LogP contribution in [0.25, 0.3) is 0 Å². The molecule has 0 amide bonds. The van der Waals surface area contributed by atoms with Crippen molar-refractivity contribution in [1.29, 1.82) is 0 Å². The maximum Gasteiger partial charge on any atom is 0.326 e. The first-order chi connectivity index (χ1) is 7.19. The standard InChI is InChI=1S/C10H14N2O3/c1-2-3-4-9(10(14)15)12-5-8(6-13)11-7-12/h5-7,9H,2-4H2,1H3,(H,14,15). The molecular formula is C10H14N2O3. The predicted octanol–water partition coefficient (Wildman–Crippen LogP) is 1.51. The Morgan fingerprint density at radius 1 is 1.73 bits per heavy atom. The van der Waals surface area contributed by atoms with Gasteiger partial charge in [0.25, 0.3) is 0 Å². The van der Waals surface area contributed by atoms with E-state index in [1.807, 2.05) is 6.92 Å². The summed E-state index contributed by atoms with van der Waals surface area (Å²) < 4.78 is 1.47. The fourth-order valence-electron chi connectivity index (χ4n) is 1.38. The summed E-state index contributed by atoms with van der Waals surface area (Å²) >= 11 is 0. The summed E-state index contributed by atoms with van der Waals surface area (Å²) in [6, 6.07) is -0.619. The van der Waals surface area contributed by atoms with Gasteiger partial charge >= 0.3 is 5.97 Å². The zero-order chi connectivity index (χ0) is 11.3. The molecule has 1 unspecified atom stereocenters. The number of carboxylic acid groups (broad SMARTS) is 1. The molecule has 0 bridgehead atoms. The number of rotatable bonds is 6. The van der Waals surface area contributed by atoms with Crippen molar-refractivity contribution >= 4 is 12.3 Å². The molecule has 1 rings (SSSR count). The van der Waals surface area contributed by atoms with Crippen LogP contribution in [0, 0.1) is 0 Å². The number of carbonyl (C=O) groups is 2. The largest absolute Gasteiger partial charge is 0.480 e. The molecule has 0 aromatic carbocycles. The third-order valence-electron chi connectivity index (χ3n) is 2.22. The first-order valence-electron chi connectivity index (χ1n) is 4.90. The number of aldehydes is 1. The molecule has 1 aromatic rings. The normalized spacial score (nSPS) is 12.3. The van der Waals surface area contributed by atoms with Crippen LogP contribution in [0.1, 0.15) is 42.7 Å². The van der Waals surface area contributed by atoms with Gasteiger partial charge in [0.1, 0.15) is 11.7 Å². The molecule has 1 N–H and O–H groups in total. The lowest BCUT2D eigenvalue weighted by atomic mass is 10.1. The highest BCUT2D eigenvalue weighted by atomic mass is 16.4. The summed E-state index contributed by atoms with van der Waals surface area (Å²) in [4.78, 5) is 25.1. The van der Waals surface area contributed by atoms with Crippen LogP contribution in [0.15, 0.2) is 12.5 Å². The fraction of sp³-hybridized carbons (Fsp3) is 0.500. The van der Waals surface area contributed by atoms with Gasteiger partial charge in [-0.1, -0.05) is 19.8 Å². The highest BCUT2D eigenvalue weighted by Crippen LogP contribution is 2.15. The van der Waals surface area contributed by atoms with Crippen molar-refractivity contribution in [3.63, 3.8) is 0 Å². The molecule has 0 aliphatic heterocycles. The topological polar surface area (TPSA) is 72.2 Å². The zero-order valence-corrected chi connectivity index (χ0v) is 8.59. The lowest BCUT2D eigenvalue weighted by Gasteiger charge is -2.12. The Labute approximate surface area is 87.7 Å². The molecule has 5 heteroatoms. The molecule has 0 fully saturated rings. The number of unbranched alkanes of at least 4 members (excludes halogenated alkanes) is 1. The van der Waals surface area contributed by atoms with Gasteiger partial charge in [-0.3, -0.25) is 4.79 Å². The van der Waals surface area contributed by atoms with Crippen molar-refractivity contribution < 1.29 is 14.7 Å². The molecule has 0 spiro atoms. The monoisotopic (exact) mass is 210 g/mol. The van der Waals surface area contributed by atoms with E-state index in [0.29, 0.717) is 12.7 Å². The molecule has 1 aromatic heterocycles. The second kappa shape index (κ2) is 5.29. The van der Waals surface area contributed by atoms with Gasteiger partial charge in [-0.25, -0.2) is 9.78 Å². The number of aliphatic carboxylic acids is 1. The Kier molecular flexibility index (Phi) is 4.03. The smallest absolute Gasteiger partial charge is 0.326 e. The molecule has 15 heavy (non-hydrogen) atoms. The third-order valence-corrected chi connectivity index (χ3v) is 2.22. The van der Waals surface area contributed by atoms with E-state index in [2.05, 4.69) is 4.98 Å². The van der Waals surface area contributed by atoms with E-state index in [0.717, 1.165) is 12.8 Å². The van der Waals surface area contributed by atoms with Gasteiger partial charge < -0.3 is 9.67 Å². The van der Waals surface area contributed by atoms with Crippen molar-refractivity contribution in [2.75, 3.05) is 0 Å². The minimum Gasteiger partial charge on any atom is -0.480 e. The van der Waals surface area contributed by atoms with Crippen molar-refractivity contribution in [2.45, 2.75) is 32.2 Å². The maximum atomic E-state index is 11.0. The van der Waals surface area contributed by atoms with Crippen LogP contribution >= 0.6 is 0 Å².